The van der Waals surface area contributed by atoms with Gasteiger partial charge in [-0.05, 0) is 43.0 Å². The third-order valence-electron chi connectivity index (χ3n) is 3.63. The van der Waals surface area contributed by atoms with Gasteiger partial charge in [-0.2, -0.15) is 0 Å². The summed E-state index contributed by atoms with van der Waals surface area (Å²) in [5, 5.41) is 0. The highest BCUT2D eigenvalue weighted by molar-refractivity contribution is 5.75. The molecule has 3 nitrogen and oxygen atoms in total. The molecule has 0 saturated carbocycles. The molecule has 3 heteroatoms. The lowest BCUT2D eigenvalue weighted by molar-refractivity contribution is -0.147. The quantitative estimate of drug-likeness (QED) is 0.766. The molecule has 0 unspecified atom stereocenters. The third-order valence-corrected chi connectivity index (χ3v) is 3.63. The fraction of sp³-hybridized carbons (Fsp3) is 0.467. The number of allylic oxidation sites excluding steroid dienone is 1. The zero-order chi connectivity index (χ0) is 13.2. The summed E-state index contributed by atoms with van der Waals surface area (Å²) in [5.41, 5.74) is 3.57. The van der Waals surface area contributed by atoms with Gasteiger partial charge < -0.3 is 14.2 Å². The molecule has 0 spiro atoms. The standard InChI is InChI=1S/C15H20O3/c1-15(17-3,18-4)14-7-5-6-11-10-12(16-2)8-9-13(11)14/h7-10H,5-6H2,1-4H3. The molecule has 1 aliphatic rings. The van der Waals surface area contributed by atoms with Crippen LogP contribution in [-0.4, -0.2) is 27.1 Å². The van der Waals surface area contributed by atoms with E-state index in [-0.39, 0.29) is 0 Å². The lowest BCUT2D eigenvalue weighted by Crippen LogP contribution is -2.32. The second kappa shape index (κ2) is 5.12. The van der Waals surface area contributed by atoms with Gasteiger partial charge in [0.2, 0.25) is 0 Å². The van der Waals surface area contributed by atoms with Gasteiger partial charge in [0.15, 0.2) is 5.79 Å². The van der Waals surface area contributed by atoms with E-state index in [1.807, 2.05) is 13.0 Å². The second-order valence-corrected chi connectivity index (χ2v) is 4.53. The zero-order valence-electron chi connectivity index (χ0n) is 11.4. The van der Waals surface area contributed by atoms with E-state index in [0.29, 0.717) is 0 Å². The van der Waals surface area contributed by atoms with Crippen molar-refractivity contribution in [2.75, 3.05) is 21.3 Å². The molecule has 1 aromatic carbocycles. The molecule has 0 atom stereocenters. The van der Waals surface area contributed by atoms with Crippen molar-refractivity contribution >= 4 is 5.57 Å². The number of methoxy groups -OCH3 is 3. The normalized spacial score (nSPS) is 15.0. The number of ether oxygens (including phenoxy) is 3. The first kappa shape index (κ1) is 13.1. The third kappa shape index (κ3) is 2.16. The van der Waals surface area contributed by atoms with Gasteiger partial charge in [-0.15, -0.1) is 0 Å². The molecule has 18 heavy (non-hydrogen) atoms. The van der Waals surface area contributed by atoms with Crippen molar-refractivity contribution in [2.24, 2.45) is 0 Å². The van der Waals surface area contributed by atoms with Gasteiger partial charge in [0.05, 0.1) is 7.11 Å². The SMILES string of the molecule is COc1ccc2c(c1)CCC=C2C(C)(OC)OC. The molecule has 2 rings (SSSR count). The van der Waals surface area contributed by atoms with E-state index in [0.717, 1.165) is 24.2 Å². The van der Waals surface area contributed by atoms with Crippen LogP contribution in [0.3, 0.4) is 0 Å². The van der Waals surface area contributed by atoms with Crippen molar-refractivity contribution < 1.29 is 14.2 Å². The predicted molar refractivity (Wildman–Crippen MR) is 71.7 cm³/mol. The summed E-state index contributed by atoms with van der Waals surface area (Å²) in [4.78, 5) is 0. The molecule has 0 bridgehead atoms. The highest BCUT2D eigenvalue weighted by Gasteiger charge is 2.32. The topological polar surface area (TPSA) is 27.7 Å². The first-order valence-electron chi connectivity index (χ1n) is 6.13. The summed E-state index contributed by atoms with van der Waals surface area (Å²) in [6.07, 6.45) is 4.22. The summed E-state index contributed by atoms with van der Waals surface area (Å²) < 4.78 is 16.3. The van der Waals surface area contributed by atoms with Crippen LogP contribution in [0.15, 0.2) is 24.3 Å². The molecule has 0 radical (unpaired) electrons. The van der Waals surface area contributed by atoms with E-state index < -0.39 is 5.79 Å². The number of benzene rings is 1. The fourth-order valence-electron chi connectivity index (χ4n) is 2.38. The molecule has 1 aromatic rings. The molecule has 0 N–H and O–H groups in total. The maximum atomic E-state index is 5.52. The van der Waals surface area contributed by atoms with Crippen LogP contribution in [0.25, 0.3) is 5.57 Å². The summed E-state index contributed by atoms with van der Waals surface area (Å²) >= 11 is 0. The Bertz CT molecular complexity index is 459. The van der Waals surface area contributed by atoms with E-state index in [4.69, 9.17) is 14.2 Å². The van der Waals surface area contributed by atoms with Crippen LogP contribution in [0.2, 0.25) is 0 Å². The van der Waals surface area contributed by atoms with Crippen molar-refractivity contribution in [1.82, 2.24) is 0 Å². The first-order chi connectivity index (χ1) is 8.64. The Morgan fingerprint density at radius 3 is 2.44 bits per heavy atom. The molecule has 1 aliphatic carbocycles. The maximum absolute atomic E-state index is 5.52. The van der Waals surface area contributed by atoms with Crippen LogP contribution in [0.1, 0.15) is 24.5 Å². The Labute approximate surface area is 108 Å². The van der Waals surface area contributed by atoms with E-state index in [9.17, 15) is 0 Å². The Hall–Kier alpha value is -1.32. The van der Waals surface area contributed by atoms with Crippen molar-refractivity contribution in [1.29, 1.82) is 0 Å². The van der Waals surface area contributed by atoms with Gasteiger partial charge >= 0.3 is 0 Å². The Kier molecular flexibility index (Phi) is 3.73. The predicted octanol–water partition coefficient (Wildman–Crippen LogP) is 3.03. The summed E-state index contributed by atoms with van der Waals surface area (Å²) in [6, 6.07) is 6.15. The van der Waals surface area contributed by atoms with Crippen molar-refractivity contribution in [3.05, 3.63) is 35.4 Å². The molecular formula is C15H20O3. The molecule has 0 aliphatic heterocycles. The minimum atomic E-state index is -0.691. The minimum Gasteiger partial charge on any atom is -0.497 e. The number of aryl methyl sites for hydroxylation is 1. The molecular weight excluding hydrogens is 228 g/mol. The highest BCUT2D eigenvalue weighted by Crippen LogP contribution is 2.37. The van der Waals surface area contributed by atoms with Crippen LogP contribution < -0.4 is 4.74 Å². The van der Waals surface area contributed by atoms with Crippen molar-refractivity contribution in [3.63, 3.8) is 0 Å². The molecule has 0 fully saturated rings. The number of rotatable bonds is 4. The van der Waals surface area contributed by atoms with Gasteiger partial charge in [-0.1, -0.05) is 12.1 Å². The lowest BCUT2D eigenvalue weighted by atomic mass is 9.86. The van der Waals surface area contributed by atoms with E-state index in [2.05, 4.69) is 18.2 Å². The monoisotopic (exact) mass is 248 g/mol. The summed E-state index contributed by atoms with van der Waals surface area (Å²) in [5.74, 6) is 0.204. The van der Waals surface area contributed by atoms with Crippen molar-refractivity contribution in [3.8, 4) is 5.75 Å². The molecule has 0 aromatic heterocycles. The van der Waals surface area contributed by atoms with E-state index >= 15 is 0 Å². The van der Waals surface area contributed by atoms with Crippen LogP contribution in [0, 0.1) is 0 Å². The average Bonchev–Trinajstić information content (AvgIpc) is 2.45. The van der Waals surface area contributed by atoms with Crippen LogP contribution in [-0.2, 0) is 15.9 Å². The zero-order valence-corrected chi connectivity index (χ0v) is 11.4. The molecule has 98 valence electrons. The number of hydrogen-bond donors (Lipinski definition) is 0. The number of hydrogen-bond acceptors (Lipinski definition) is 3. The van der Waals surface area contributed by atoms with Gasteiger partial charge in [0.25, 0.3) is 0 Å². The Morgan fingerprint density at radius 2 is 1.83 bits per heavy atom. The largest absolute Gasteiger partial charge is 0.497 e. The average molecular weight is 248 g/mol. The van der Waals surface area contributed by atoms with Gasteiger partial charge in [0, 0.05) is 19.8 Å². The van der Waals surface area contributed by atoms with Crippen LogP contribution >= 0.6 is 0 Å². The van der Waals surface area contributed by atoms with Gasteiger partial charge in [-0.3, -0.25) is 0 Å². The maximum Gasteiger partial charge on any atom is 0.191 e. The first-order valence-corrected chi connectivity index (χ1v) is 6.13. The smallest absolute Gasteiger partial charge is 0.191 e. The van der Waals surface area contributed by atoms with E-state index in [1.165, 1.54) is 11.1 Å². The van der Waals surface area contributed by atoms with E-state index in [1.54, 1.807) is 21.3 Å². The minimum absolute atomic E-state index is 0.691. The van der Waals surface area contributed by atoms with Gasteiger partial charge in [-0.25, -0.2) is 0 Å². The Balaban J connectivity index is 2.46. The molecule has 0 heterocycles. The van der Waals surface area contributed by atoms with Gasteiger partial charge in [0.1, 0.15) is 5.75 Å². The molecule has 0 saturated heterocycles. The van der Waals surface area contributed by atoms with Crippen molar-refractivity contribution in [2.45, 2.75) is 25.6 Å². The summed E-state index contributed by atoms with van der Waals surface area (Å²) in [6.45, 7) is 1.94. The highest BCUT2D eigenvalue weighted by atomic mass is 16.7. The lowest BCUT2D eigenvalue weighted by Gasteiger charge is -2.32. The Morgan fingerprint density at radius 1 is 1.11 bits per heavy atom. The summed E-state index contributed by atoms with van der Waals surface area (Å²) in [7, 11) is 5.03. The number of fused-ring (bicyclic) bond motifs is 1. The fourth-order valence-corrected chi connectivity index (χ4v) is 2.38. The van der Waals surface area contributed by atoms with Crippen LogP contribution in [0.4, 0.5) is 0 Å². The van der Waals surface area contributed by atoms with Crippen LogP contribution in [0.5, 0.6) is 5.75 Å². The second-order valence-electron chi connectivity index (χ2n) is 4.53. The molecule has 0 amide bonds.